The van der Waals surface area contributed by atoms with E-state index in [1.165, 1.54) is 6.92 Å². The molecule has 4 saturated heterocycles. The number of rotatable bonds is 1. The van der Waals surface area contributed by atoms with Crippen molar-refractivity contribution in [2.24, 2.45) is 11.8 Å². The molecule has 0 aromatic carbocycles. The summed E-state index contributed by atoms with van der Waals surface area (Å²) in [5.74, 6) is 0.273. The number of esters is 1. The van der Waals surface area contributed by atoms with Crippen LogP contribution in [0.25, 0.3) is 0 Å². The summed E-state index contributed by atoms with van der Waals surface area (Å²) in [6.45, 7) is 3.81. The highest BCUT2D eigenvalue weighted by atomic mass is 16.7. The fourth-order valence-corrected chi connectivity index (χ4v) is 3.20. The van der Waals surface area contributed by atoms with Gasteiger partial charge in [0, 0.05) is 12.8 Å². The Bertz CT molecular complexity index is 374. The molecular weight excluding hydrogens is 280 g/mol. The third-order valence-electron chi connectivity index (χ3n) is 4.31. The number of hydrogen-bond donors (Lipinski definition) is 1. The topological polar surface area (TPSA) is 83.5 Å². The second-order valence-corrected chi connectivity index (χ2v) is 5.77. The van der Waals surface area contributed by atoms with Crippen molar-refractivity contribution in [1.29, 1.82) is 0 Å². The molecule has 1 N–H and O–H groups in total. The first-order valence-corrected chi connectivity index (χ1v) is 7.47. The van der Waals surface area contributed by atoms with Crippen molar-refractivity contribution < 1.29 is 33.6 Å². The number of hydrogen-bond acceptors (Lipinski definition) is 7. The van der Waals surface area contributed by atoms with E-state index in [-0.39, 0.29) is 42.6 Å². The molecule has 6 atom stereocenters. The molecule has 4 heterocycles. The molecule has 0 aromatic rings. The van der Waals surface area contributed by atoms with E-state index in [2.05, 4.69) is 0 Å². The molecule has 0 spiro atoms. The summed E-state index contributed by atoms with van der Waals surface area (Å²) in [5.41, 5.74) is 0. The fraction of sp³-hybridized carbons (Fsp3) is 0.929. The maximum absolute atomic E-state index is 10.7. The third-order valence-corrected chi connectivity index (χ3v) is 4.31. The zero-order valence-electron chi connectivity index (χ0n) is 12.1. The summed E-state index contributed by atoms with van der Waals surface area (Å²) >= 11 is 0. The van der Waals surface area contributed by atoms with E-state index in [4.69, 9.17) is 23.7 Å². The van der Waals surface area contributed by atoms with E-state index in [9.17, 15) is 9.90 Å². The van der Waals surface area contributed by atoms with Gasteiger partial charge in [-0.25, -0.2) is 0 Å². The van der Waals surface area contributed by atoms with Gasteiger partial charge in [-0.05, 0) is 12.8 Å². The van der Waals surface area contributed by atoms with Crippen molar-refractivity contribution in [1.82, 2.24) is 0 Å². The molecule has 4 fully saturated rings. The number of ether oxygens (including phenoxy) is 5. The summed E-state index contributed by atoms with van der Waals surface area (Å²) < 4.78 is 25.9. The lowest BCUT2D eigenvalue weighted by Gasteiger charge is -2.13. The van der Waals surface area contributed by atoms with E-state index in [1.807, 2.05) is 0 Å². The summed E-state index contributed by atoms with van der Waals surface area (Å²) in [7, 11) is 0. The van der Waals surface area contributed by atoms with E-state index >= 15 is 0 Å². The lowest BCUT2D eigenvalue weighted by atomic mass is 10.0. The van der Waals surface area contributed by atoms with Crippen LogP contribution in [0.15, 0.2) is 0 Å². The Kier molecular flexibility index (Phi) is 4.75. The Balaban J connectivity index is 0.000000131. The lowest BCUT2D eigenvalue weighted by molar-refractivity contribution is -0.147. The van der Waals surface area contributed by atoms with Crippen molar-refractivity contribution in [3.05, 3.63) is 0 Å². The second-order valence-electron chi connectivity index (χ2n) is 5.77. The van der Waals surface area contributed by atoms with Crippen LogP contribution >= 0.6 is 0 Å². The van der Waals surface area contributed by atoms with Gasteiger partial charge in [0.1, 0.15) is 6.10 Å². The van der Waals surface area contributed by atoms with Crippen LogP contribution in [-0.2, 0) is 28.5 Å². The molecule has 0 aromatic heterocycles. The van der Waals surface area contributed by atoms with Crippen LogP contribution in [0.3, 0.4) is 0 Å². The molecule has 4 aliphatic heterocycles. The Morgan fingerprint density at radius 1 is 1.00 bits per heavy atom. The average molecular weight is 302 g/mol. The zero-order chi connectivity index (χ0) is 14.8. The van der Waals surface area contributed by atoms with E-state index in [1.54, 1.807) is 0 Å². The van der Waals surface area contributed by atoms with Gasteiger partial charge in [-0.3, -0.25) is 4.79 Å². The van der Waals surface area contributed by atoms with Gasteiger partial charge in [0.2, 0.25) is 0 Å². The summed E-state index contributed by atoms with van der Waals surface area (Å²) in [6, 6.07) is 0. The van der Waals surface area contributed by atoms with Crippen LogP contribution < -0.4 is 0 Å². The van der Waals surface area contributed by atoms with Crippen molar-refractivity contribution >= 4 is 5.97 Å². The van der Waals surface area contributed by atoms with Gasteiger partial charge < -0.3 is 28.8 Å². The fourth-order valence-electron chi connectivity index (χ4n) is 3.20. The van der Waals surface area contributed by atoms with Crippen LogP contribution in [0.5, 0.6) is 0 Å². The van der Waals surface area contributed by atoms with Crippen molar-refractivity contribution in [2.45, 2.75) is 44.6 Å². The Morgan fingerprint density at radius 3 is 2.29 bits per heavy atom. The molecule has 0 amide bonds. The molecule has 7 nitrogen and oxygen atoms in total. The SMILES string of the molecule is CC(=O)O[C@H]1CO[C@@H]2OCC[C@@H]21.O[C@H]1CO[C@H]2OCC[C@H]21. The van der Waals surface area contributed by atoms with Gasteiger partial charge in [0.25, 0.3) is 0 Å². The Morgan fingerprint density at radius 2 is 1.62 bits per heavy atom. The van der Waals surface area contributed by atoms with Crippen LogP contribution in [-0.4, -0.2) is 62.3 Å². The van der Waals surface area contributed by atoms with E-state index < -0.39 is 0 Å². The van der Waals surface area contributed by atoms with Gasteiger partial charge in [-0.15, -0.1) is 0 Å². The van der Waals surface area contributed by atoms with Crippen LogP contribution in [0.2, 0.25) is 0 Å². The normalized spacial score (nSPS) is 43.9. The lowest BCUT2D eigenvalue weighted by Crippen LogP contribution is -2.25. The van der Waals surface area contributed by atoms with Crippen molar-refractivity contribution in [2.75, 3.05) is 26.4 Å². The van der Waals surface area contributed by atoms with Gasteiger partial charge >= 0.3 is 5.97 Å². The maximum atomic E-state index is 10.7. The molecule has 0 unspecified atom stereocenters. The molecule has 21 heavy (non-hydrogen) atoms. The van der Waals surface area contributed by atoms with Crippen LogP contribution in [0.4, 0.5) is 0 Å². The molecule has 0 saturated carbocycles. The highest BCUT2D eigenvalue weighted by molar-refractivity contribution is 5.66. The predicted molar refractivity (Wildman–Crippen MR) is 69.2 cm³/mol. The largest absolute Gasteiger partial charge is 0.460 e. The minimum atomic E-state index is -0.280. The molecule has 120 valence electrons. The minimum Gasteiger partial charge on any atom is -0.460 e. The quantitative estimate of drug-likeness (QED) is 0.685. The molecule has 4 aliphatic rings. The molecular formula is C14H22O7. The van der Waals surface area contributed by atoms with Crippen molar-refractivity contribution in [3.8, 4) is 0 Å². The standard InChI is InChI=1S/C8H12O4.C6H10O3/c1-5(9)12-7-4-11-8-6(7)2-3-10-8;7-5-3-9-6-4(5)1-2-8-6/h6-8H,2-4H2,1H3;4-7H,1-3H2/t6-,7+,8+;4-,5-,6+/m10/s1. The first kappa shape index (κ1) is 15.2. The number of fused-ring (bicyclic) bond motifs is 2. The van der Waals surface area contributed by atoms with Gasteiger partial charge in [-0.2, -0.15) is 0 Å². The third kappa shape index (κ3) is 3.37. The summed E-state index contributed by atoms with van der Waals surface area (Å²) in [4.78, 5) is 10.7. The van der Waals surface area contributed by atoms with E-state index in [0.29, 0.717) is 19.8 Å². The number of carbonyl (C=O) groups is 1. The van der Waals surface area contributed by atoms with Gasteiger partial charge in [0.15, 0.2) is 12.6 Å². The minimum absolute atomic E-state index is 0.0880. The van der Waals surface area contributed by atoms with E-state index in [0.717, 1.165) is 19.4 Å². The number of aliphatic hydroxyl groups excluding tert-OH is 1. The monoisotopic (exact) mass is 302 g/mol. The van der Waals surface area contributed by atoms with Crippen LogP contribution in [0, 0.1) is 11.8 Å². The highest BCUT2D eigenvalue weighted by Gasteiger charge is 2.43. The second kappa shape index (κ2) is 6.58. The van der Waals surface area contributed by atoms with Gasteiger partial charge in [-0.1, -0.05) is 0 Å². The molecule has 0 radical (unpaired) electrons. The molecule has 7 heteroatoms. The summed E-state index contributed by atoms with van der Waals surface area (Å²) in [5, 5.41) is 9.19. The summed E-state index contributed by atoms with van der Waals surface area (Å²) in [6.07, 6.45) is 1.29. The van der Waals surface area contributed by atoms with Gasteiger partial charge in [0.05, 0.1) is 38.4 Å². The molecule has 0 aliphatic carbocycles. The van der Waals surface area contributed by atoms with Crippen LogP contribution in [0.1, 0.15) is 19.8 Å². The Hall–Kier alpha value is -0.730. The smallest absolute Gasteiger partial charge is 0.302 e. The predicted octanol–water partition coefficient (Wildman–Crippen LogP) is 0.0510. The molecule has 0 bridgehead atoms. The number of aliphatic hydroxyl groups is 1. The zero-order valence-corrected chi connectivity index (χ0v) is 12.1. The molecule has 4 rings (SSSR count). The Labute approximate surface area is 123 Å². The van der Waals surface area contributed by atoms with Crippen molar-refractivity contribution in [3.63, 3.8) is 0 Å². The average Bonchev–Trinajstić information content (AvgIpc) is 3.16. The first-order chi connectivity index (χ1) is 10.1. The first-order valence-electron chi connectivity index (χ1n) is 7.47. The highest BCUT2D eigenvalue weighted by Crippen LogP contribution is 2.33. The number of carbonyl (C=O) groups excluding carboxylic acids is 1. The maximum Gasteiger partial charge on any atom is 0.302 e.